The first-order valence-corrected chi connectivity index (χ1v) is 8.78. The van der Waals surface area contributed by atoms with Gasteiger partial charge in [0.15, 0.2) is 0 Å². The summed E-state index contributed by atoms with van der Waals surface area (Å²) in [6.45, 7) is 12.2. The number of hydrogen-bond donors (Lipinski definition) is 1. The SMILES string of the molecule is CCCOCCN1CC2(CCCC2)NCC1(CC)CC. The maximum Gasteiger partial charge on any atom is 0.0593 e. The summed E-state index contributed by atoms with van der Waals surface area (Å²) in [6.07, 6.45) is 9.13. The number of hydrogen-bond acceptors (Lipinski definition) is 3. The van der Waals surface area contributed by atoms with Crippen LogP contribution in [0.25, 0.3) is 0 Å². The van der Waals surface area contributed by atoms with E-state index in [-0.39, 0.29) is 0 Å². The Hall–Kier alpha value is -0.120. The summed E-state index contributed by atoms with van der Waals surface area (Å²) in [4.78, 5) is 2.75. The molecule has 1 N–H and O–H groups in total. The highest BCUT2D eigenvalue weighted by Gasteiger charge is 2.46. The lowest BCUT2D eigenvalue weighted by atomic mass is 9.82. The highest BCUT2D eigenvalue weighted by Crippen LogP contribution is 2.37. The number of piperazine rings is 1. The van der Waals surface area contributed by atoms with Crippen molar-refractivity contribution in [1.29, 1.82) is 0 Å². The summed E-state index contributed by atoms with van der Waals surface area (Å²) in [7, 11) is 0. The average Bonchev–Trinajstić information content (AvgIpc) is 2.93. The van der Waals surface area contributed by atoms with Gasteiger partial charge in [0, 0.05) is 37.3 Å². The van der Waals surface area contributed by atoms with E-state index >= 15 is 0 Å². The molecule has 2 aliphatic rings. The lowest BCUT2D eigenvalue weighted by molar-refractivity contribution is -0.0194. The third kappa shape index (κ3) is 3.37. The van der Waals surface area contributed by atoms with Crippen LogP contribution in [0.1, 0.15) is 65.7 Å². The minimum atomic E-state index is 0.351. The van der Waals surface area contributed by atoms with Gasteiger partial charge in [0.25, 0.3) is 0 Å². The van der Waals surface area contributed by atoms with Crippen LogP contribution in [0.5, 0.6) is 0 Å². The second-order valence-corrected chi connectivity index (χ2v) is 6.81. The first-order valence-electron chi connectivity index (χ1n) is 8.78. The third-order valence-corrected chi connectivity index (χ3v) is 5.69. The molecule has 0 unspecified atom stereocenters. The molecule has 0 bridgehead atoms. The second-order valence-electron chi connectivity index (χ2n) is 6.81. The van der Waals surface area contributed by atoms with E-state index in [0.29, 0.717) is 11.1 Å². The van der Waals surface area contributed by atoms with Crippen molar-refractivity contribution < 1.29 is 4.74 Å². The Bertz CT molecular complexity index is 283. The minimum Gasteiger partial charge on any atom is -0.380 e. The number of nitrogens with one attached hydrogen (secondary N) is 1. The van der Waals surface area contributed by atoms with Crippen LogP contribution in [0, 0.1) is 0 Å². The van der Waals surface area contributed by atoms with Crippen molar-refractivity contribution in [1.82, 2.24) is 10.2 Å². The molecule has 2 fully saturated rings. The highest BCUT2D eigenvalue weighted by atomic mass is 16.5. The number of nitrogens with zero attached hydrogens (tertiary/aromatic N) is 1. The molecule has 0 amide bonds. The summed E-state index contributed by atoms with van der Waals surface area (Å²) < 4.78 is 5.76. The molecule has 1 aliphatic heterocycles. The van der Waals surface area contributed by atoms with Crippen molar-refractivity contribution in [3.63, 3.8) is 0 Å². The fraction of sp³-hybridized carbons (Fsp3) is 1.00. The summed E-state index contributed by atoms with van der Waals surface area (Å²) in [5, 5.41) is 3.94. The van der Waals surface area contributed by atoms with Crippen LogP contribution in [0.15, 0.2) is 0 Å². The molecule has 0 atom stereocenters. The molecule has 3 heteroatoms. The second kappa shape index (κ2) is 7.24. The number of rotatable bonds is 7. The summed E-state index contributed by atoms with van der Waals surface area (Å²) in [5.74, 6) is 0. The Labute approximate surface area is 125 Å². The van der Waals surface area contributed by atoms with Gasteiger partial charge in [-0.15, -0.1) is 0 Å². The normalized spacial score (nSPS) is 25.4. The van der Waals surface area contributed by atoms with Crippen molar-refractivity contribution in [2.45, 2.75) is 76.8 Å². The third-order valence-electron chi connectivity index (χ3n) is 5.69. The zero-order chi connectivity index (χ0) is 14.5. The van der Waals surface area contributed by atoms with Gasteiger partial charge in [-0.25, -0.2) is 0 Å². The van der Waals surface area contributed by atoms with E-state index in [4.69, 9.17) is 4.74 Å². The van der Waals surface area contributed by atoms with Gasteiger partial charge in [-0.3, -0.25) is 4.90 Å². The largest absolute Gasteiger partial charge is 0.380 e. The standard InChI is InChI=1S/C17H34N2O/c1-4-12-20-13-11-19-15-16(9-7-8-10-16)18-14-17(19,5-2)6-3/h18H,4-15H2,1-3H3. The van der Waals surface area contributed by atoms with Gasteiger partial charge in [0.05, 0.1) is 6.61 Å². The predicted octanol–water partition coefficient (Wildman–Crippen LogP) is 3.19. The van der Waals surface area contributed by atoms with Crippen LogP contribution in [0.2, 0.25) is 0 Å². The molecule has 0 radical (unpaired) electrons. The van der Waals surface area contributed by atoms with Crippen molar-refractivity contribution in [3.8, 4) is 0 Å². The van der Waals surface area contributed by atoms with E-state index < -0.39 is 0 Å². The molecule has 3 nitrogen and oxygen atoms in total. The zero-order valence-corrected chi connectivity index (χ0v) is 13.8. The van der Waals surface area contributed by atoms with Crippen LogP contribution >= 0.6 is 0 Å². The quantitative estimate of drug-likeness (QED) is 0.726. The fourth-order valence-corrected chi connectivity index (χ4v) is 4.12. The van der Waals surface area contributed by atoms with Crippen LogP contribution in [0.4, 0.5) is 0 Å². The topological polar surface area (TPSA) is 24.5 Å². The molecule has 1 heterocycles. The van der Waals surface area contributed by atoms with E-state index in [1.54, 1.807) is 0 Å². The van der Waals surface area contributed by atoms with Gasteiger partial charge < -0.3 is 10.1 Å². The summed E-state index contributed by atoms with van der Waals surface area (Å²) in [6, 6.07) is 0. The van der Waals surface area contributed by atoms with Gasteiger partial charge >= 0.3 is 0 Å². The highest BCUT2D eigenvalue weighted by molar-refractivity contribution is 5.06. The van der Waals surface area contributed by atoms with Gasteiger partial charge in [-0.2, -0.15) is 0 Å². The van der Waals surface area contributed by atoms with Crippen LogP contribution < -0.4 is 5.32 Å². The van der Waals surface area contributed by atoms with Crippen molar-refractivity contribution >= 4 is 0 Å². The van der Waals surface area contributed by atoms with Crippen molar-refractivity contribution in [2.24, 2.45) is 0 Å². The van der Waals surface area contributed by atoms with Crippen LogP contribution in [0.3, 0.4) is 0 Å². The molecule has 20 heavy (non-hydrogen) atoms. The maximum atomic E-state index is 5.76. The Morgan fingerprint density at radius 1 is 1.05 bits per heavy atom. The van der Waals surface area contributed by atoms with Crippen LogP contribution in [-0.4, -0.2) is 48.8 Å². The predicted molar refractivity (Wildman–Crippen MR) is 85.2 cm³/mol. The minimum absolute atomic E-state index is 0.351. The maximum absolute atomic E-state index is 5.76. The van der Waals surface area contributed by atoms with E-state index in [1.165, 1.54) is 45.1 Å². The van der Waals surface area contributed by atoms with Crippen molar-refractivity contribution in [2.75, 3.05) is 32.8 Å². The summed E-state index contributed by atoms with van der Waals surface area (Å²) >= 11 is 0. The van der Waals surface area contributed by atoms with E-state index in [0.717, 1.165) is 32.7 Å². The van der Waals surface area contributed by atoms with E-state index in [2.05, 4.69) is 31.0 Å². The van der Waals surface area contributed by atoms with E-state index in [1.807, 2.05) is 0 Å². The smallest absolute Gasteiger partial charge is 0.0593 e. The first-order chi connectivity index (χ1) is 9.70. The van der Waals surface area contributed by atoms with Gasteiger partial charge in [-0.05, 0) is 32.1 Å². The van der Waals surface area contributed by atoms with Gasteiger partial charge in [-0.1, -0.05) is 33.6 Å². The van der Waals surface area contributed by atoms with Crippen molar-refractivity contribution in [3.05, 3.63) is 0 Å². The Balaban J connectivity index is 1.98. The molecule has 0 aromatic rings. The summed E-state index contributed by atoms with van der Waals surface area (Å²) in [5.41, 5.74) is 0.766. The number of ether oxygens (including phenoxy) is 1. The molecule has 1 spiro atoms. The molecule has 118 valence electrons. The first kappa shape index (κ1) is 16.3. The molecule has 1 aliphatic carbocycles. The fourth-order valence-electron chi connectivity index (χ4n) is 4.12. The molecule has 0 aromatic carbocycles. The lowest BCUT2D eigenvalue weighted by Gasteiger charge is -2.53. The monoisotopic (exact) mass is 282 g/mol. The molecule has 2 rings (SSSR count). The van der Waals surface area contributed by atoms with E-state index in [9.17, 15) is 0 Å². The van der Waals surface area contributed by atoms with Crippen LogP contribution in [-0.2, 0) is 4.74 Å². The average molecular weight is 282 g/mol. The van der Waals surface area contributed by atoms with Gasteiger partial charge in [0.1, 0.15) is 0 Å². The lowest BCUT2D eigenvalue weighted by Crippen LogP contribution is -2.69. The Kier molecular flexibility index (Phi) is 5.88. The molecule has 1 saturated carbocycles. The molecule has 1 saturated heterocycles. The molecular weight excluding hydrogens is 248 g/mol. The van der Waals surface area contributed by atoms with Gasteiger partial charge in [0.2, 0.25) is 0 Å². The molecular formula is C17H34N2O. The molecule has 0 aromatic heterocycles. The zero-order valence-electron chi connectivity index (χ0n) is 13.8. The Morgan fingerprint density at radius 2 is 1.75 bits per heavy atom. The Morgan fingerprint density at radius 3 is 2.35 bits per heavy atom.